The lowest BCUT2D eigenvalue weighted by Gasteiger charge is -2.09. The van der Waals surface area contributed by atoms with Crippen LogP contribution < -0.4 is 0 Å². The molecule has 1 aromatic heterocycles. The Balaban J connectivity index is 2.26. The maximum atomic E-state index is 14.0. The number of benzene rings is 2. The zero-order valence-electron chi connectivity index (χ0n) is 11.6. The molecule has 0 radical (unpaired) electrons. The Bertz CT molecular complexity index is 878. The summed E-state index contributed by atoms with van der Waals surface area (Å²) in [4.78, 5) is 15.7. The highest BCUT2D eigenvalue weighted by molar-refractivity contribution is 6.01. The van der Waals surface area contributed by atoms with E-state index < -0.39 is 17.6 Å². The van der Waals surface area contributed by atoms with E-state index in [0.29, 0.717) is 16.5 Å². The first kappa shape index (κ1) is 14.1. The number of nitrogens with zero attached hydrogens (tertiary/aromatic N) is 1. The van der Waals surface area contributed by atoms with E-state index in [0.717, 1.165) is 11.5 Å². The topological polar surface area (TPSA) is 39.2 Å². The molecule has 0 saturated carbocycles. The molecule has 0 saturated heterocycles. The van der Waals surface area contributed by atoms with Gasteiger partial charge in [-0.25, -0.2) is 13.6 Å². The van der Waals surface area contributed by atoms with Crippen molar-refractivity contribution in [3.8, 4) is 11.1 Å². The predicted octanol–water partition coefficient (Wildman–Crippen LogP) is 3.97. The Morgan fingerprint density at radius 2 is 1.86 bits per heavy atom. The van der Waals surface area contributed by atoms with E-state index >= 15 is 0 Å². The second-order valence-corrected chi connectivity index (χ2v) is 4.74. The molecule has 3 nitrogen and oxygen atoms in total. The van der Waals surface area contributed by atoms with Crippen LogP contribution in [0.1, 0.15) is 10.4 Å². The number of aromatic nitrogens is 1. The highest BCUT2D eigenvalue weighted by Crippen LogP contribution is 2.30. The van der Waals surface area contributed by atoms with Crippen LogP contribution in [-0.2, 0) is 4.74 Å². The quantitative estimate of drug-likeness (QED) is 0.672. The number of rotatable bonds is 2. The van der Waals surface area contributed by atoms with Crippen LogP contribution in [0.25, 0.3) is 21.9 Å². The smallest absolute Gasteiger partial charge is 0.337 e. The highest BCUT2D eigenvalue weighted by Gasteiger charge is 2.13. The number of methoxy groups -OCH3 is 1. The number of carbonyl (C=O) groups excluding carboxylic acids is 1. The zero-order chi connectivity index (χ0) is 15.7. The SMILES string of the molecule is COC(=O)c1ccc2cncc(-c3ccc(F)cc3F)c2c1. The number of hydrogen-bond donors (Lipinski definition) is 0. The molecule has 0 fully saturated rings. The molecule has 22 heavy (non-hydrogen) atoms. The molecule has 0 spiro atoms. The van der Waals surface area contributed by atoms with Crippen molar-refractivity contribution < 1.29 is 18.3 Å². The van der Waals surface area contributed by atoms with Crippen LogP contribution in [0.2, 0.25) is 0 Å². The molecule has 0 unspecified atom stereocenters. The summed E-state index contributed by atoms with van der Waals surface area (Å²) in [7, 11) is 1.29. The number of carbonyl (C=O) groups is 1. The Hall–Kier alpha value is -2.82. The third-order valence-corrected chi connectivity index (χ3v) is 3.40. The monoisotopic (exact) mass is 299 g/mol. The van der Waals surface area contributed by atoms with E-state index in [1.807, 2.05) is 0 Å². The molecule has 0 aliphatic rings. The van der Waals surface area contributed by atoms with Gasteiger partial charge in [0.05, 0.1) is 12.7 Å². The molecule has 110 valence electrons. The molecular weight excluding hydrogens is 288 g/mol. The van der Waals surface area contributed by atoms with E-state index in [9.17, 15) is 13.6 Å². The summed E-state index contributed by atoms with van der Waals surface area (Å²) < 4.78 is 31.8. The van der Waals surface area contributed by atoms with Gasteiger partial charge >= 0.3 is 5.97 Å². The lowest BCUT2D eigenvalue weighted by Crippen LogP contribution is -2.01. The van der Waals surface area contributed by atoms with Gasteiger partial charge in [0.25, 0.3) is 0 Å². The number of fused-ring (bicyclic) bond motifs is 1. The van der Waals surface area contributed by atoms with Crippen LogP contribution in [0.5, 0.6) is 0 Å². The maximum Gasteiger partial charge on any atom is 0.337 e. The minimum atomic E-state index is -0.683. The summed E-state index contributed by atoms with van der Waals surface area (Å²) >= 11 is 0. The largest absolute Gasteiger partial charge is 0.465 e. The van der Waals surface area contributed by atoms with E-state index in [1.54, 1.807) is 24.4 Å². The lowest BCUT2D eigenvalue weighted by atomic mass is 9.99. The van der Waals surface area contributed by atoms with Crippen molar-refractivity contribution in [1.29, 1.82) is 0 Å². The fourth-order valence-corrected chi connectivity index (χ4v) is 2.33. The maximum absolute atomic E-state index is 14.0. The number of ether oxygens (including phenoxy) is 1. The summed E-state index contributed by atoms with van der Waals surface area (Å²) in [5, 5.41) is 1.39. The van der Waals surface area contributed by atoms with E-state index in [1.165, 1.54) is 25.4 Å². The molecule has 1 heterocycles. The van der Waals surface area contributed by atoms with E-state index in [2.05, 4.69) is 4.98 Å². The van der Waals surface area contributed by atoms with E-state index in [-0.39, 0.29) is 5.56 Å². The van der Waals surface area contributed by atoms with Crippen molar-refractivity contribution in [3.05, 3.63) is 66.0 Å². The third-order valence-electron chi connectivity index (χ3n) is 3.40. The fourth-order valence-electron chi connectivity index (χ4n) is 2.33. The molecule has 5 heteroatoms. The van der Waals surface area contributed by atoms with Crippen LogP contribution in [0.3, 0.4) is 0 Å². The summed E-state index contributed by atoms with van der Waals surface area (Å²) in [5.41, 5.74) is 1.06. The molecule has 0 N–H and O–H groups in total. The standard InChI is InChI=1S/C17H11F2NO2/c1-22-17(21)10-2-3-11-8-20-9-15(14(11)6-10)13-5-4-12(18)7-16(13)19/h2-9H,1H3. The Kier molecular flexibility index (Phi) is 3.55. The van der Waals surface area contributed by atoms with Gasteiger partial charge < -0.3 is 4.74 Å². The van der Waals surface area contributed by atoms with Crippen LogP contribution in [0.4, 0.5) is 8.78 Å². The minimum Gasteiger partial charge on any atom is -0.465 e. The number of halogens is 2. The van der Waals surface area contributed by atoms with Crippen LogP contribution in [0.15, 0.2) is 48.8 Å². The van der Waals surface area contributed by atoms with Crippen molar-refractivity contribution in [2.75, 3.05) is 7.11 Å². The van der Waals surface area contributed by atoms with Crippen LogP contribution >= 0.6 is 0 Å². The average molecular weight is 299 g/mol. The molecule has 0 bridgehead atoms. The normalized spacial score (nSPS) is 10.7. The fraction of sp³-hybridized carbons (Fsp3) is 0.0588. The van der Waals surface area contributed by atoms with Crippen molar-refractivity contribution in [3.63, 3.8) is 0 Å². The first-order valence-corrected chi connectivity index (χ1v) is 6.51. The molecular formula is C17H11F2NO2. The van der Waals surface area contributed by atoms with Crippen molar-refractivity contribution in [1.82, 2.24) is 4.98 Å². The van der Waals surface area contributed by atoms with Gasteiger partial charge in [0.2, 0.25) is 0 Å². The molecule has 2 aromatic carbocycles. The second-order valence-electron chi connectivity index (χ2n) is 4.74. The first-order valence-electron chi connectivity index (χ1n) is 6.51. The second kappa shape index (κ2) is 5.52. The lowest BCUT2D eigenvalue weighted by molar-refractivity contribution is 0.0601. The Morgan fingerprint density at radius 1 is 1.05 bits per heavy atom. The van der Waals surface area contributed by atoms with Crippen LogP contribution in [0, 0.1) is 11.6 Å². The third kappa shape index (κ3) is 2.41. The number of hydrogen-bond acceptors (Lipinski definition) is 3. The molecule has 0 aliphatic heterocycles. The van der Waals surface area contributed by atoms with Gasteiger partial charge in [-0.05, 0) is 29.7 Å². The van der Waals surface area contributed by atoms with Crippen molar-refractivity contribution in [2.24, 2.45) is 0 Å². The van der Waals surface area contributed by atoms with Crippen molar-refractivity contribution >= 4 is 16.7 Å². The molecule has 3 rings (SSSR count). The number of pyridine rings is 1. The predicted molar refractivity (Wildman–Crippen MR) is 78.4 cm³/mol. The summed E-state index contributed by atoms with van der Waals surface area (Å²) in [6, 6.07) is 8.28. The molecule has 3 aromatic rings. The molecule has 0 atom stereocenters. The van der Waals surface area contributed by atoms with Gasteiger partial charge in [0.15, 0.2) is 0 Å². The summed E-state index contributed by atoms with van der Waals surface area (Å²) in [6.45, 7) is 0. The van der Waals surface area contributed by atoms with Crippen molar-refractivity contribution in [2.45, 2.75) is 0 Å². The summed E-state index contributed by atoms with van der Waals surface area (Å²) in [6.07, 6.45) is 3.10. The van der Waals surface area contributed by atoms with Gasteiger partial charge in [0, 0.05) is 35.0 Å². The Labute approximate surface area is 125 Å². The first-order chi connectivity index (χ1) is 10.6. The van der Waals surface area contributed by atoms with E-state index in [4.69, 9.17) is 4.74 Å². The van der Waals surface area contributed by atoms with Gasteiger partial charge in [-0.2, -0.15) is 0 Å². The summed E-state index contributed by atoms with van der Waals surface area (Å²) in [5.74, 6) is -1.81. The Morgan fingerprint density at radius 3 is 2.59 bits per heavy atom. The zero-order valence-corrected chi connectivity index (χ0v) is 11.6. The molecule has 0 aliphatic carbocycles. The van der Waals surface area contributed by atoms with Gasteiger partial charge in [0.1, 0.15) is 11.6 Å². The highest BCUT2D eigenvalue weighted by atomic mass is 19.1. The van der Waals surface area contributed by atoms with Gasteiger partial charge in [-0.3, -0.25) is 4.98 Å². The number of esters is 1. The molecule has 0 amide bonds. The van der Waals surface area contributed by atoms with Gasteiger partial charge in [-0.15, -0.1) is 0 Å². The van der Waals surface area contributed by atoms with Gasteiger partial charge in [-0.1, -0.05) is 6.07 Å². The van der Waals surface area contributed by atoms with Crippen LogP contribution in [-0.4, -0.2) is 18.1 Å². The minimum absolute atomic E-state index is 0.224. The average Bonchev–Trinajstić information content (AvgIpc) is 2.53.